The van der Waals surface area contributed by atoms with Gasteiger partial charge < -0.3 is 14.4 Å². The van der Waals surface area contributed by atoms with E-state index in [1.165, 1.54) is 31.3 Å². The molecular formula is C19H21F2N5O3S. The average Bonchev–Trinajstić information content (AvgIpc) is 3.14. The Bertz CT molecular complexity index is 1040. The lowest BCUT2D eigenvalue weighted by Gasteiger charge is -2.20. The summed E-state index contributed by atoms with van der Waals surface area (Å²) in [6.07, 6.45) is 0.630. The van der Waals surface area contributed by atoms with Crippen LogP contribution in [-0.4, -0.2) is 67.2 Å². The first-order valence-corrected chi connectivity index (χ1v) is 9.83. The summed E-state index contributed by atoms with van der Waals surface area (Å²) in [7, 11) is 6.63. The molecule has 11 heteroatoms. The van der Waals surface area contributed by atoms with Crippen molar-refractivity contribution >= 4 is 32.6 Å². The standard InChI is InChI=1S/C19H21F2N5O3S/c1-25(2)6-5-7-26(17(27)13-10-15(28-3)23-18(22-13)29-4)19-24-16-12(21)8-11(20)9-14(16)30-19/h8-10H,5-7H2,1-4H3. The minimum Gasteiger partial charge on any atom is -0.481 e. The van der Waals surface area contributed by atoms with Crippen molar-refractivity contribution in [3.8, 4) is 11.9 Å². The van der Waals surface area contributed by atoms with Crippen LogP contribution < -0.4 is 14.4 Å². The highest BCUT2D eigenvalue weighted by molar-refractivity contribution is 7.22. The summed E-state index contributed by atoms with van der Waals surface area (Å²) in [6, 6.07) is 3.32. The Labute approximate surface area is 176 Å². The largest absolute Gasteiger partial charge is 0.481 e. The van der Waals surface area contributed by atoms with Gasteiger partial charge in [0.1, 0.15) is 17.0 Å². The quantitative estimate of drug-likeness (QED) is 0.536. The van der Waals surface area contributed by atoms with E-state index in [9.17, 15) is 13.6 Å². The second-order valence-electron chi connectivity index (χ2n) is 6.63. The van der Waals surface area contributed by atoms with Crippen molar-refractivity contribution in [3.05, 3.63) is 35.5 Å². The van der Waals surface area contributed by atoms with Crippen molar-refractivity contribution in [1.82, 2.24) is 19.9 Å². The topological polar surface area (TPSA) is 80.7 Å². The molecule has 2 heterocycles. The van der Waals surface area contributed by atoms with Gasteiger partial charge in [0.2, 0.25) is 5.88 Å². The first-order valence-electron chi connectivity index (χ1n) is 9.01. The molecule has 3 rings (SSSR count). The van der Waals surface area contributed by atoms with Crippen LogP contribution in [0.3, 0.4) is 0 Å². The number of benzene rings is 1. The maximum Gasteiger partial charge on any atom is 0.320 e. The van der Waals surface area contributed by atoms with Crippen LogP contribution in [0.1, 0.15) is 16.9 Å². The summed E-state index contributed by atoms with van der Waals surface area (Å²) in [4.78, 5) is 29.0. The Hall–Kier alpha value is -2.92. The number of aromatic nitrogens is 3. The van der Waals surface area contributed by atoms with Gasteiger partial charge in [-0.05, 0) is 33.1 Å². The maximum atomic E-state index is 14.1. The summed E-state index contributed by atoms with van der Waals surface area (Å²) >= 11 is 1.03. The van der Waals surface area contributed by atoms with Gasteiger partial charge in [0.05, 0.1) is 18.9 Å². The van der Waals surface area contributed by atoms with E-state index in [0.717, 1.165) is 17.4 Å². The van der Waals surface area contributed by atoms with Gasteiger partial charge in [-0.3, -0.25) is 9.69 Å². The zero-order valence-corrected chi connectivity index (χ0v) is 17.8. The smallest absolute Gasteiger partial charge is 0.320 e. The number of carbonyl (C=O) groups excluding carboxylic acids is 1. The van der Waals surface area contributed by atoms with E-state index in [4.69, 9.17) is 9.47 Å². The summed E-state index contributed by atoms with van der Waals surface area (Å²) in [5.41, 5.74) is 0.0501. The molecule has 0 aliphatic heterocycles. The summed E-state index contributed by atoms with van der Waals surface area (Å²) in [5.74, 6) is -1.80. The molecule has 0 saturated carbocycles. The number of thiazole rings is 1. The molecule has 0 aliphatic rings. The fourth-order valence-electron chi connectivity index (χ4n) is 2.74. The summed E-state index contributed by atoms with van der Waals surface area (Å²) < 4.78 is 38.2. The molecule has 1 amide bonds. The van der Waals surface area contributed by atoms with E-state index in [-0.39, 0.29) is 28.2 Å². The number of rotatable bonds is 8. The first kappa shape index (κ1) is 21.8. The molecule has 0 N–H and O–H groups in total. The second-order valence-corrected chi connectivity index (χ2v) is 7.64. The number of ether oxygens (including phenoxy) is 2. The van der Waals surface area contributed by atoms with Crippen LogP contribution in [0.4, 0.5) is 13.9 Å². The van der Waals surface area contributed by atoms with Gasteiger partial charge in [-0.2, -0.15) is 9.97 Å². The SMILES string of the molecule is COc1cc(C(=O)N(CCCN(C)C)c2nc3c(F)cc(F)cc3s2)nc(OC)n1. The molecule has 0 fully saturated rings. The lowest BCUT2D eigenvalue weighted by atomic mass is 10.3. The van der Waals surface area contributed by atoms with Crippen molar-refractivity contribution in [2.75, 3.05) is 46.3 Å². The molecule has 160 valence electrons. The molecule has 2 aromatic heterocycles. The Morgan fingerprint density at radius 1 is 1.07 bits per heavy atom. The van der Waals surface area contributed by atoms with Crippen LogP contribution in [0.5, 0.6) is 11.9 Å². The van der Waals surface area contributed by atoms with Crippen molar-refractivity contribution in [2.45, 2.75) is 6.42 Å². The monoisotopic (exact) mass is 437 g/mol. The Morgan fingerprint density at radius 3 is 2.50 bits per heavy atom. The van der Waals surface area contributed by atoms with Crippen LogP contribution in [0.2, 0.25) is 0 Å². The maximum absolute atomic E-state index is 14.1. The molecule has 0 unspecified atom stereocenters. The molecule has 1 aromatic carbocycles. The molecular weight excluding hydrogens is 416 g/mol. The fraction of sp³-hybridized carbons (Fsp3) is 0.368. The highest BCUT2D eigenvalue weighted by Gasteiger charge is 2.25. The Balaban J connectivity index is 2.02. The van der Waals surface area contributed by atoms with Crippen molar-refractivity contribution in [3.63, 3.8) is 0 Å². The van der Waals surface area contributed by atoms with Gasteiger partial charge in [-0.15, -0.1) is 0 Å². The first-order chi connectivity index (χ1) is 14.3. The normalized spacial score (nSPS) is 11.2. The number of hydrogen-bond donors (Lipinski definition) is 0. The van der Waals surface area contributed by atoms with Gasteiger partial charge in [-0.1, -0.05) is 11.3 Å². The lowest BCUT2D eigenvalue weighted by molar-refractivity contribution is 0.0979. The van der Waals surface area contributed by atoms with Gasteiger partial charge in [0, 0.05) is 18.7 Å². The number of methoxy groups -OCH3 is 2. The molecule has 0 atom stereocenters. The van der Waals surface area contributed by atoms with Crippen LogP contribution >= 0.6 is 11.3 Å². The van der Waals surface area contributed by atoms with E-state index in [2.05, 4.69) is 15.0 Å². The minimum absolute atomic E-state index is 0.0136. The molecule has 0 radical (unpaired) electrons. The number of amides is 1. The van der Waals surface area contributed by atoms with Gasteiger partial charge in [0.25, 0.3) is 5.91 Å². The number of fused-ring (bicyclic) bond motifs is 1. The van der Waals surface area contributed by atoms with Crippen molar-refractivity contribution in [2.24, 2.45) is 0 Å². The van der Waals surface area contributed by atoms with Crippen LogP contribution in [0.25, 0.3) is 10.2 Å². The zero-order valence-electron chi connectivity index (χ0n) is 17.0. The van der Waals surface area contributed by atoms with Crippen LogP contribution in [-0.2, 0) is 0 Å². The Kier molecular flexibility index (Phi) is 6.73. The molecule has 30 heavy (non-hydrogen) atoms. The average molecular weight is 437 g/mol. The zero-order chi connectivity index (χ0) is 21.8. The van der Waals surface area contributed by atoms with Gasteiger partial charge in [0.15, 0.2) is 10.9 Å². The third-order valence-corrected chi connectivity index (χ3v) is 5.18. The van der Waals surface area contributed by atoms with Crippen molar-refractivity contribution < 1.29 is 23.0 Å². The summed E-state index contributed by atoms with van der Waals surface area (Å²) in [6.45, 7) is 1.02. The van der Waals surface area contributed by atoms with E-state index in [1.807, 2.05) is 19.0 Å². The second kappa shape index (κ2) is 9.26. The highest BCUT2D eigenvalue weighted by atomic mass is 32.1. The number of anilines is 1. The van der Waals surface area contributed by atoms with Crippen LogP contribution in [0, 0.1) is 11.6 Å². The Morgan fingerprint density at radius 2 is 1.83 bits per heavy atom. The predicted octanol–water partition coefficient (Wildman–Crippen LogP) is 2.98. The molecule has 8 nitrogen and oxygen atoms in total. The molecule has 0 saturated heterocycles. The van der Waals surface area contributed by atoms with E-state index in [0.29, 0.717) is 24.2 Å². The number of hydrogen-bond acceptors (Lipinski definition) is 8. The van der Waals surface area contributed by atoms with E-state index in [1.54, 1.807) is 0 Å². The van der Waals surface area contributed by atoms with Gasteiger partial charge in [-0.25, -0.2) is 13.8 Å². The third kappa shape index (κ3) is 4.79. The predicted molar refractivity (Wildman–Crippen MR) is 110 cm³/mol. The van der Waals surface area contributed by atoms with Crippen molar-refractivity contribution in [1.29, 1.82) is 0 Å². The van der Waals surface area contributed by atoms with E-state index < -0.39 is 17.5 Å². The number of nitrogens with zero attached hydrogens (tertiary/aromatic N) is 5. The summed E-state index contributed by atoms with van der Waals surface area (Å²) in [5, 5.41) is 0.245. The fourth-order valence-corrected chi connectivity index (χ4v) is 3.77. The van der Waals surface area contributed by atoms with Gasteiger partial charge >= 0.3 is 6.01 Å². The molecule has 3 aromatic rings. The van der Waals surface area contributed by atoms with E-state index >= 15 is 0 Å². The minimum atomic E-state index is -0.779. The molecule has 0 bridgehead atoms. The third-order valence-electron chi connectivity index (χ3n) is 4.16. The number of halogens is 2. The lowest BCUT2D eigenvalue weighted by Crippen LogP contribution is -2.34. The highest BCUT2D eigenvalue weighted by Crippen LogP contribution is 2.32. The number of carbonyl (C=O) groups is 1. The van der Waals surface area contributed by atoms with Crippen LogP contribution in [0.15, 0.2) is 18.2 Å². The molecule has 0 aliphatic carbocycles. The molecule has 0 spiro atoms.